The number of carbonyl (C=O) groups excluding carboxylic acids is 1. The van der Waals surface area contributed by atoms with Gasteiger partial charge in [-0.05, 0) is 32.6 Å². The van der Waals surface area contributed by atoms with E-state index in [0.717, 1.165) is 6.42 Å². The van der Waals surface area contributed by atoms with Crippen LogP contribution in [-0.4, -0.2) is 30.7 Å². The van der Waals surface area contributed by atoms with Crippen LogP contribution in [0, 0.1) is 5.92 Å². The summed E-state index contributed by atoms with van der Waals surface area (Å²) in [5, 5.41) is 5.76. The predicted octanol–water partition coefficient (Wildman–Crippen LogP) is 2.61. The van der Waals surface area contributed by atoms with E-state index < -0.39 is 18.1 Å². The van der Waals surface area contributed by atoms with E-state index in [0.29, 0.717) is 19.4 Å². The Bertz CT molecular complexity index is 294. The van der Waals surface area contributed by atoms with Gasteiger partial charge < -0.3 is 10.6 Å². The molecule has 1 amide bonds. The molecule has 1 rings (SSSR count). The molecule has 1 fully saturated rings. The van der Waals surface area contributed by atoms with Gasteiger partial charge in [-0.15, -0.1) is 0 Å². The van der Waals surface area contributed by atoms with E-state index in [1.165, 1.54) is 0 Å². The van der Waals surface area contributed by atoms with Gasteiger partial charge in [0.25, 0.3) is 0 Å². The van der Waals surface area contributed by atoms with Crippen LogP contribution in [0.25, 0.3) is 0 Å². The normalized spacial score (nSPS) is 25.9. The minimum Gasteiger partial charge on any atom is -0.355 e. The number of carbonyl (C=O) groups is 1. The summed E-state index contributed by atoms with van der Waals surface area (Å²) in [4.78, 5) is 11.7. The number of hydrogen-bond acceptors (Lipinski definition) is 2. The molecule has 0 aromatic rings. The molecule has 6 heteroatoms. The van der Waals surface area contributed by atoms with E-state index in [9.17, 15) is 18.0 Å². The maximum Gasteiger partial charge on any atom is 0.391 e. The molecule has 3 nitrogen and oxygen atoms in total. The maximum atomic E-state index is 12.7. The van der Waals surface area contributed by atoms with E-state index in [1.807, 2.05) is 6.92 Å². The Labute approximate surface area is 112 Å². The lowest BCUT2D eigenvalue weighted by Gasteiger charge is -2.32. The topological polar surface area (TPSA) is 41.1 Å². The zero-order valence-electron chi connectivity index (χ0n) is 11.5. The molecule has 0 bridgehead atoms. The third kappa shape index (κ3) is 5.38. The van der Waals surface area contributed by atoms with Crippen molar-refractivity contribution in [2.75, 3.05) is 6.54 Å². The molecule has 0 radical (unpaired) electrons. The standard InChI is InChI=1S/C13H23F3N2O/c1-3-7-17-12(19)9(2)18-11-6-4-5-10(8-11)13(14,15)16/h9-11,18H,3-8H2,1-2H3,(H,17,19). The zero-order valence-corrected chi connectivity index (χ0v) is 11.5. The van der Waals surface area contributed by atoms with Crippen LogP contribution in [0.5, 0.6) is 0 Å². The molecule has 2 N–H and O–H groups in total. The van der Waals surface area contributed by atoms with E-state index in [-0.39, 0.29) is 24.8 Å². The molecule has 19 heavy (non-hydrogen) atoms. The Kier molecular flexibility index (Phi) is 6.10. The fourth-order valence-corrected chi connectivity index (χ4v) is 2.47. The number of rotatable bonds is 5. The summed E-state index contributed by atoms with van der Waals surface area (Å²) in [6.45, 7) is 4.25. The quantitative estimate of drug-likeness (QED) is 0.813. The van der Waals surface area contributed by atoms with Crippen molar-refractivity contribution in [2.24, 2.45) is 5.92 Å². The smallest absolute Gasteiger partial charge is 0.355 e. The molecule has 1 aliphatic carbocycles. The summed E-state index contributed by atoms with van der Waals surface area (Å²) < 4.78 is 38.0. The largest absolute Gasteiger partial charge is 0.391 e. The summed E-state index contributed by atoms with van der Waals surface area (Å²) in [5.74, 6) is -1.37. The third-order valence-electron chi connectivity index (χ3n) is 3.57. The molecule has 0 spiro atoms. The van der Waals surface area contributed by atoms with Gasteiger partial charge in [-0.3, -0.25) is 4.79 Å². The monoisotopic (exact) mass is 280 g/mol. The number of alkyl halides is 3. The molecule has 112 valence electrons. The Hall–Kier alpha value is -0.780. The molecule has 3 atom stereocenters. The van der Waals surface area contributed by atoms with Crippen molar-refractivity contribution >= 4 is 5.91 Å². The molecule has 1 aliphatic rings. The number of nitrogens with one attached hydrogen (secondary N) is 2. The molecular formula is C13H23F3N2O. The minimum absolute atomic E-state index is 0.0783. The predicted molar refractivity (Wildman–Crippen MR) is 67.7 cm³/mol. The number of hydrogen-bond donors (Lipinski definition) is 2. The van der Waals surface area contributed by atoms with Gasteiger partial charge in [-0.2, -0.15) is 13.2 Å². The highest BCUT2D eigenvalue weighted by Gasteiger charge is 2.42. The lowest BCUT2D eigenvalue weighted by molar-refractivity contribution is -0.183. The highest BCUT2D eigenvalue weighted by molar-refractivity contribution is 5.81. The van der Waals surface area contributed by atoms with Gasteiger partial charge in [0.2, 0.25) is 5.91 Å². The first-order valence-corrected chi connectivity index (χ1v) is 6.95. The molecule has 0 aromatic heterocycles. The lowest BCUT2D eigenvalue weighted by atomic mass is 9.85. The van der Waals surface area contributed by atoms with Crippen molar-refractivity contribution < 1.29 is 18.0 Å². The minimum atomic E-state index is -4.12. The van der Waals surface area contributed by atoms with Crippen molar-refractivity contribution in [3.63, 3.8) is 0 Å². The average Bonchev–Trinajstić information content (AvgIpc) is 2.35. The van der Waals surface area contributed by atoms with Crippen LogP contribution in [0.4, 0.5) is 13.2 Å². The van der Waals surface area contributed by atoms with Crippen LogP contribution < -0.4 is 10.6 Å². The molecule has 0 saturated heterocycles. The van der Waals surface area contributed by atoms with Gasteiger partial charge in [-0.25, -0.2) is 0 Å². The fraction of sp³-hybridized carbons (Fsp3) is 0.923. The second-order valence-corrected chi connectivity index (χ2v) is 5.28. The zero-order chi connectivity index (χ0) is 14.5. The molecule has 0 aromatic carbocycles. The highest BCUT2D eigenvalue weighted by atomic mass is 19.4. The van der Waals surface area contributed by atoms with Crippen molar-refractivity contribution in [2.45, 2.75) is 64.2 Å². The molecule has 0 heterocycles. The third-order valence-corrected chi connectivity index (χ3v) is 3.57. The van der Waals surface area contributed by atoms with Gasteiger partial charge in [0.1, 0.15) is 0 Å². The van der Waals surface area contributed by atoms with Crippen molar-refractivity contribution in [1.82, 2.24) is 10.6 Å². The summed E-state index contributed by atoms with van der Waals surface area (Å²) >= 11 is 0. The number of halogens is 3. The Balaban J connectivity index is 2.41. The van der Waals surface area contributed by atoms with E-state index in [1.54, 1.807) is 6.92 Å². The molecule has 3 unspecified atom stereocenters. The second kappa shape index (κ2) is 7.12. The van der Waals surface area contributed by atoms with E-state index in [4.69, 9.17) is 0 Å². The van der Waals surface area contributed by atoms with Gasteiger partial charge in [-0.1, -0.05) is 13.3 Å². The van der Waals surface area contributed by atoms with Crippen LogP contribution >= 0.6 is 0 Å². The SMILES string of the molecule is CCCNC(=O)C(C)NC1CCCC(C(F)(F)F)C1. The van der Waals surface area contributed by atoms with Crippen molar-refractivity contribution in [1.29, 1.82) is 0 Å². The summed E-state index contributed by atoms with van der Waals surface area (Å²) in [7, 11) is 0. The first-order chi connectivity index (χ1) is 8.84. The average molecular weight is 280 g/mol. The Morgan fingerprint density at radius 1 is 1.37 bits per heavy atom. The Morgan fingerprint density at radius 3 is 2.63 bits per heavy atom. The van der Waals surface area contributed by atoms with Crippen molar-refractivity contribution in [3.05, 3.63) is 0 Å². The van der Waals surface area contributed by atoms with Crippen LogP contribution in [-0.2, 0) is 4.79 Å². The van der Waals surface area contributed by atoms with Gasteiger partial charge in [0.15, 0.2) is 0 Å². The lowest BCUT2D eigenvalue weighted by Crippen LogP contribution is -2.49. The first kappa shape index (κ1) is 16.3. The van der Waals surface area contributed by atoms with E-state index in [2.05, 4.69) is 10.6 Å². The highest BCUT2D eigenvalue weighted by Crippen LogP contribution is 2.37. The van der Waals surface area contributed by atoms with Crippen LogP contribution in [0.2, 0.25) is 0 Å². The van der Waals surface area contributed by atoms with E-state index >= 15 is 0 Å². The fourth-order valence-electron chi connectivity index (χ4n) is 2.47. The second-order valence-electron chi connectivity index (χ2n) is 5.28. The Morgan fingerprint density at radius 2 is 2.05 bits per heavy atom. The van der Waals surface area contributed by atoms with Crippen LogP contribution in [0.3, 0.4) is 0 Å². The van der Waals surface area contributed by atoms with Crippen LogP contribution in [0.1, 0.15) is 46.0 Å². The molecule has 1 saturated carbocycles. The number of amides is 1. The first-order valence-electron chi connectivity index (χ1n) is 6.95. The van der Waals surface area contributed by atoms with Gasteiger partial charge in [0, 0.05) is 12.6 Å². The van der Waals surface area contributed by atoms with Gasteiger partial charge in [0.05, 0.1) is 12.0 Å². The summed E-state index contributed by atoms with van der Waals surface area (Å²) in [5.41, 5.74) is 0. The maximum absolute atomic E-state index is 12.7. The molecular weight excluding hydrogens is 257 g/mol. The van der Waals surface area contributed by atoms with Gasteiger partial charge >= 0.3 is 6.18 Å². The summed E-state index contributed by atoms with van der Waals surface area (Å²) in [6, 6.07) is -0.661. The molecule has 0 aliphatic heterocycles. The van der Waals surface area contributed by atoms with Crippen LogP contribution in [0.15, 0.2) is 0 Å². The summed E-state index contributed by atoms with van der Waals surface area (Å²) in [6.07, 6.45) is -1.72. The van der Waals surface area contributed by atoms with Crippen molar-refractivity contribution in [3.8, 4) is 0 Å².